The van der Waals surface area contributed by atoms with Crippen molar-refractivity contribution in [2.24, 2.45) is 0 Å². The van der Waals surface area contributed by atoms with Crippen LogP contribution in [-0.2, 0) is 11.2 Å². The fraction of sp³-hybridized carbons (Fsp3) is 0.533. The van der Waals surface area contributed by atoms with Gasteiger partial charge in [-0.15, -0.1) is 0 Å². The predicted molar refractivity (Wildman–Crippen MR) is 75.2 cm³/mol. The number of carbonyl (C=O) groups is 1. The highest BCUT2D eigenvalue weighted by molar-refractivity contribution is 5.79. The number of nitrogens with one attached hydrogen (secondary N) is 1. The highest BCUT2D eigenvalue weighted by atomic mass is 16.5. The first kappa shape index (κ1) is 13.2. The summed E-state index contributed by atoms with van der Waals surface area (Å²) < 4.78 is 11.3. The Bertz CT molecular complexity index is 484. The van der Waals surface area contributed by atoms with E-state index in [1.54, 1.807) is 0 Å². The first-order valence-electron chi connectivity index (χ1n) is 7.20. The normalized spacial score (nSPS) is 18.5. The first-order chi connectivity index (χ1) is 9.83. The van der Waals surface area contributed by atoms with E-state index in [2.05, 4.69) is 5.32 Å². The quantitative estimate of drug-likeness (QED) is 0.869. The second kappa shape index (κ2) is 6.13. The highest BCUT2D eigenvalue weighted by Crippen LogP contribution is 2.30. The van der Waals surface area contributed by atoms with Crippen LogP contribution in [0.4, 0.5) is 0 Å². The molecule has 20 heavy (non-hydrogen) atoms. The second-order valence-electron chi connectivity index (χ2n) is 5.14. The molecule has 0 aliphatic carbocycles. The maximum atomic E-state index is 12.2. The van der Waals surface area contributed by atoms with Gasteiger partial charge in [0.05, 0.1) is 19.6 Å². The fourth-order valence-corrected chi connectivity index (χ4v) is 2.52. The van der Waals surface area contributed by atoms with Crippen LogP contribution < -0.4 is 14.8 Å². The molecule has 0 aromatic heterocycles. The third kappa shape index (κ3) is 3.04. The zero-order valence-electron chi connectivity index (χ0n) is 11.6. The minimum atomic E-state index is 0.181. The van der Waals surface area contributed by atoms with E-state index in [4.69, 9.17) is 9.47 Å². The molecule has 0 radical (unpaired) electrons. The summed E-state index contributed by atoms with van der Waals surface area (Å²) in [5, 5.41) is 3.25. The second-order valence-corrected chi connectivity index (χ2v) is 5.14. The van der Waals surface area contributed by atoms with Crippen molar-refractivity contribution < 1.29 is 14.3 Å². The molecule has 5 heteroatoms. The summed E-state index contributed by atoms with van der Waals surface area (Å²) in [6, 6.07) is 5.79. The van der Waals surface area contributed by atoms with E-state index in [1.807, 2.05) is 23.1 Å². The van der Waals surface area contributed by atoms with Gasteiger partial charge >= 0.3 is 0 Å². The van der Waals surface area contributed by atoms with Gasteiger partial charge in [-0.25, -0.2) is 0 Å². The highest BCUT2D eigenvalue weighted by Gasteiger charge is 2.17. The summed E-state index contributed by atoms with van der Waals surface area (Å²) in [5.74, 6) is 1.72. The molecule has 1 saturated heterocycles. The van der Waals surface area contributed by atoms with Crippen molar-refractivity contribution >= 4 is 5.91 Å². The molecular weight excluding hydrogens is 256 g/mol. The number of nitrogens with zero attached hydrogens (tertiary/aromatic N) is 1. The van der Waals surface area contributed by atoms with Crippen LogP contribution in [0.15, 0.2) is 18.2 Å². The van der Waals surface area contributed by atoms with Gasteiger partial charge in [-0.05, 0) is 17.7 Å². The summed E-state index contributed by atoms with van der Waals surface area (Å²) in [4.78, 5) is 14.1. The number of piperazine rings is 1. The average Bonchev–Trinajstić information content (AvgIpc) is 2.73. The number of amides is 1. The van der Waals surface area contributed by atoms with E-state index in [9.17, 15) is 4.79 Å². The first-order valence-corrected chi connectivity index (χ1v) is 7.20. The van der Waals surface area contributed by atoms with Crippen LogP contribution >= 0.6 is 0 Å². The maximum Gasteiger partial charge on any atom is 0.227 e. The van der Waals surface area contributed by atoms with Crippen molar-refractivity contribution in [3.63, 3.8) is 0 Å². The van der Waals surface area contributed by atoms with E-state index >= 15 is 0 Å². The SMILES string of the molecule is O=C(Cc1ccc2c(c1)OCCCO2)N1CCNCC1. The van der Waals surface area contributed by atoms with Gasteiger partial charge in [0.2, 0.25) is 5.91 Å². The standard InChI is InChI=1S/C15H20N2O3/c18-15(17-6-4-16-5-7-17)11-12-2-3-13-14(10-12)20-9-1-8-19-13/h2-3,10,16H,1,4-9,11H2. The van der Waals surface area contributed by atoms with E-state index in [-0.39, 0.29) is 5.91 Å². The molecule has 1 aromatic carbocycles. The van der Waals surface area contributed by atoms with Crippen LogP contribution in [0.3, 0.4) is 0 Å². The lowest BCUT2D eigenvalue weighted by Gasteiger charge is -2.27. The monoisotopic (exact) mass is 276 g/mol. The third-order valence-electron chi connectivity index (χ3n) is 3.64. The van der Waals surface area contributed by atoms with Crippen LogP contribution in [0.5, 0.6) is 11.5 Å². The van der Waals surface area contributed by atoms with E-state index in [0.717, 1.165) is 49.7 Å². The van der Waals surface area contributed by atoms with Gasteiger partial charge in [0.15, 0.2) is 11.5 Å². The van der Waals surface area contributed by atoms with Gasteiger partial charge in [-0.2, -0.15) is 0 Å². The molecule has 0 unspecified atom stereocenters. The van der Waals surface area contributed by atoms with Crippen LogP contribution in [0, 0.1) is 0 Å². The molecule has 5 nitrogen and oxygen atoms in total. The van der Waals surface area contributed by atoms with Crippen molar-refractivity contribution in [1.29, 1.82) is 0 Å². The Morgan fingerprint density at radius 3 is 2.70 bits per heavy atom. The molecule has 0 bridgehead atoms. The Morgan fingerprint density at radius 2 is 1.90 bits per heavy atom. The van der Waals surface area contributed by atoms with E-state index in [1.165, 1.54) is 0 Å². The number of hydrogen-bond donors (Lipinski definition) is 1. The number of carbonyl (C=O) groups excluding carboxylic acids is 1. The van der Waals surface area contributed by atoms with Gasteiger partial charge in [0.25, 0.3) is 0 Å². The molecule has 3 rings (SSSR count). The molecule has 0 atom stereocenters. The van der Waals surface area contributed by atoms with Crippen molar-refractivity contribution in [3.8, 4) is 11.5 Å². The van der Waals surface area contributed by atoms with Crippen LogP contribution in [0.25, 0.3) is 0 Å². The minimum Gasteiger partial charge on any atom is -0.490 e. The summed E-state index contributed by atoms with van der Waals surface area (Å²) in [7, 11) is 0. The lowest BCUT2D eigenvalue weighted by molar-refractivity contribution is -0.131. The average molecular weight is 276 g/mol. The van der Waals surface area contributed by atoms with Crippen molar-refractivity contribution in [1.82, 2.24) is 10.2 Å². The zero-order valence-corrected chi connectivity index (χ0v) is 11.6. The lowest BCUT2D eigenvalue weighted by Crippen LogP contribution is -2.46. The Kier molecular flexibility index (Phi) is 4.06. The van der Waals surface area contributed by atoms with E-state index in [0.29, 0.717) is 19.6 Å². The Hall–Kier alpha value is -1.75. The van der Waals surface area contributed by atoms with Crippen molar-refractivity contribution in [2.45, 2.75) is 12.8 Å². The number of benzene rings is 1. The molecule has 0 spiro atoms. The number of hydrogen-bond acceptors (Lipinski definition) is 4. The molecule has 108 valence electrons. The molecule has 1 amide bonds. The Balaban J connectivity index is 1.68. The van der Waals surface area contributed by atoms with E-state index < -0.39 is 0 Å². The maximum absolute atomic E-state index is 12.2. The molecule has 0 saturated carbocycles. The van der Waals surface area contributed by atoms with Gasteiger partial charge in [0.1, 0.15) is 0 Å². The summed E-state index contributed by atoms with van der Waals surface area (Å²) in [5.41, 5.74) is 0.984. The topological polar surface area (TPSA) is 50.8 Å². The summed E-state index contributed by atoms with van der Waals surface area (Å²) in [6.07, 6.45) is 1.32. The summed E-state index contributed by atoms with van der Waals surface area (Å²) >= 11 is 0. The molecule has 2 heterocycles. The molecule has 2 aliphatic rings. The Morgan fingerprint density at radius 1 is 1.15 bits per heavy atom. The number of ether oxygens (including phenoxy) is 2. The van der Waals surface area contributed by atoms with Crippen LogP contribution in [0.2, 0.25) is 0 Å². The molecule has 1 aromatic rings. The van der Waals surface area contributed by atoms with Gasteiger partial charge < -0.3 is 19.7 Å². The summed E-state index contributed by atoms with van der Waals surface area (Å²) in [6.45, 7) is 4.71. The van der Waals surface area contributed by atoms with Crippen LogP contribution in [0.1, 0.15) is 12.0 Å². The van der Waals surface area contributed by atoms with Gasteiger partial charge in [0, 0.05) is 32.6 Å². The molecule has 1 fully saturated rings. The lowest BCUT2D eigenvalue weighted by atomic mass is 10.1. The predicted octanol–water partition coefficient (Wildman–Crippen LogP) is 0.822. The van der Waals surface area contributed by atoms with Crippen molar-refractivity contribution in [2.75, 3.05) is 39.4 Å². The number of rotatable bonds is 2. The fourth-order valence-electron chi connectivity index (χ4n) is 2.52. The van der Waals surface area contributed by atoms with Gasteiger partial charge in [-0.3, -0.25) is 4.79 Å². The largest absolute Gasteiger partial charge is 0.490 e. The number of fused-ring (bicyclic) bond motifs is 1. The smallest absolute Gasteiger partial charge is 0.227 e. The van der Waals surface area contributed by atoms with Crippen LogP contribution in [-0.4, -0.2) is 50.2 Å². The minimum absolute atomic E-state index is 0.181. The third-order valence-corrected chi connectivity index (χ3v) is 3.64. The molecule has 2 aliphatic heterocycles. The van der Waals surface area contributed by atoms with Gasteiger partial charge in [-0.1, -0.05) is 6.07 Å². The zero-order chi connectivity index (χ0) is 13.8. The molecule has 1 N–H and O–H groups in total. The molecular formula is C15H20N2O3. The Labute approximate surface area is 118 Å². The van der Waals surface area contributed by atoms with Crippen molar-refractivity contribution in [3.05, 3.63) is 23.8 Å².